The van der Waals surface area contributed by atoms with Crippen molar-refractivity contribution in [2.24, 2.45) is 22.7 Å². The van der Waals surface area contributed by atoms with E-state index in [0.29, 0.717) is 23.4 Å². The van der Waals surface area contributed by atoms with Gasteiger partial charge in [-0.15, -0.1) is 0 Å². The molecule has 1 unspecified atom stereocenters. The van der Waals surface area contributed by atoms with Gasteiger partial charge in [-0.05, 0) is 62.2 Å². The van der Waals surface area contributed by atoms with Gasteiger partial charge < -0.3 is 9.47 Å². The van der Waals surface area contributed by atoms with Crippen molar-refractivity contribution in [1.82, 2.24) is 0 Å². The molecule has 1 aliphatic heterocycles. The fourth-order valence-corrected chi connectivity index (χ4v) is 6.87. The largest absolute Gasteiger partial charge is 0.349 e. The average Bonchev–Trinajstić information content (AvgIpc) is 2.97. The lowest BCUT2D eigenvalue weighted by molar-refractivity contribution is -0.355. The van der Waals surface area contributed by atoms with Gasteiger partial charge >= 0.3 is 0 Å². The Morgan fingerprint density at radius 2 is 1.79 bits per heavy atom. The molecular formula is C22H38O2. The number of fused-ring (bicyclic) bond motifs is 3. The van der Waals surface area contributed by atoms with Gasteiger partial charge in [-0.3, -0.25) is 0 Å². The smallest absolute Gasteiger partial charge is 0.168 e. The summed E-state index contributed by atoms with van der Waals surface area (Å²) in [4.78, 5) is 0. The first-order valence-corrected chi connectivity index (χ1v) is 9.93. The van der Waals surface area contributed by atoms with Crippen LogP contribution in [-0.2, 0) is 9.47 Å². The lowest BCUT2D eigenvalue weighted by Gasteiger charge is -2.63. The molecule has 138 valence electrons. The fourth-order valence-electron chi connectivity index (χ4n) is 6.87. The van der Waals surface area contributed by atoms with E-state index < -0.39 is 0 Å². The summed E-state index contributed by atoms with van der Waals surface area (Å²) in [6, 6.07) is 0. The summed E-state index contributed by atoms with van der Waals surface area (Å²) in [5, 5.41) is 0. The van der Waals surface area contributed by atoms with Gasteiger partial charge in [0.2, 0.25) is 0 Å². The third-order valence-corrected chi connectivity index (χ3v) is 8.09. The molecule has 0 aromatic heterocycles. The van der Waals surface area contributed by atoms with Gasteiger partial charge in [-0.25, -0.2) is 0 Å². The third-order valence-electron chi connectivity index (χ3n) is 8.09. The highest BCUT2D eigenvalue weighted by Gasteiger charge is 2.61. The molecule has 2 heteroatoms. The zero-order chi connectivity index (χ0) is 16.3. The molecule has 2 nitrogen and oxygen atoms in total. The molecule has 0 aromatic rings. The van der Waals surface area contributed by atoms with E-state index in [1.54, 1.807) is 0 Å². The summed E-state index contributed by atoms with van der Waals surface area (Å²) in [7, 11) is 0. The van der Waals surface area contributed by atoms with Crippen LogP contribution in [0.25, 0.3) is 0 Å². The van der Waals surface area contributed by atoms with E-state index in [4.69, 9.17) is 9.47 Å². The van der Waals surface area contributed by atoms with Gasteiger partial charge in [0.25, 0.3) is 0 Å². The lowest BCUT2D eigenvalue weighted by Crippen LogP contribution is -2.63. The fraction of sp³-hybridized carbons (Fsp3) is 0.909. The minimum absolute atomic E-state index is 0. The normalized spacial score (nSPS) is 47.0. The van der Waals surface area contributed by atoms with E-state index in [-0.39, 0.29) is 18.6 Å². The molecular weight excluding hydrogens is 296 g/mol. The average molecular weight is 335 g/mol. The highest BCUT2D eigenvalue weighted by molar-refractivity contribution is 5.18. The molecule has 4 fully saturated rings. The molecule has 4 rings (SSSR count). The second kappa shape index (κ2) is 6.13. The maximum atomic E-state index is 6.69. The van der Waals surface area contributed by atoms with Crippen molar-refractivity contribution in [3.63, 3.8) is 0 Å². The second-order valence-electron chi connectivity index (χ2n) is 9.27. The lowest BCUT2D eigenvalue weighted by atomic mass is 9.46. The molecule has 1 spiro atoms. The van der Waals surface area contributed by atoms with Crippen LogP contribution in [0.3, 0.4) is 0 Å². The molecule has 0 aromatic carbocycles. The number of hydrogen-bond acceptors (Lipinski definition) is 2. The predicted octanol–water partition coefficient (Wildman–Crippen LogP) is 6.11. The molecule has 0 bridgehead atoms. The van der Waals surface area contributed by atoms with Crippen molar-refractivity contribution in [1.29, 1.82) is 0 Å². The molecule has 3 aliphatic carbocycles. The quantitative estimate of drug-likeness (QED) is 0.539. The first-order chi connectivity index (χ1) is 10.9. The van der Waals surface area contributed by atoms with Gasteiger partial charge in [0.05, 0.1) is 12.7 Å². The van der Waals surface area contributed by atoms with Gasteiger partial charge in [-0.2, -0.15) is 0 Å². The second-order valence-corrected chi connectivity index (χ2v) is 9.27. The van der Waals surface area contributed by atoms with Crippen LogP contribution >= 0.6 is 0 Å². The van der Waals surface area contributed by atoms with Crippen LogP contribution in [0.5, 0.6) is 0 Å². The number of allylic oxidation sites excluding steroid dienone is 1. The van der Waals surface area contributed by atoms with Crippen LogP contribution in [0.4, 0.5) is 0 Å². The zero-order valence-electron chi connectivity index (χ0n) is 15.3. The molecule has 1 saturated heterocycles. The van der Waals surface area contributed by atoms with Crippen molar-refractivity contribution in [3.05, 3.63) is 12.2 Å². The van der Waals surface area contributed by atoms with E-state index in [0.717, 1.165) is 19.4 Å². The van der Waals surface area contributed by atoms with E-state index in [1.807, 2.05) is 0 Å². The number of rotatable bonds is 1. The summed E-state index contributed by atoms with van der Waals surface area (Å²) in [6.07, 6.45) is 11.4. The van der Waals surface area contributed by atoms with Crippen LogP contribution < -0.4 is 0 Å². The first kappa shape index (κ1) is 18.5. The van der Waals surface area contributed by atoms with Crippen LogP contribution in [0.15, 0.2) is 12.2 Å². The zero-order valence-corrected chi connectivity index (χ0v) is 15.3. The molecule has 0 N–H and O–H groups in total. The highest BCUT2D eigenvalue weighted by Crippen LogP contribution is 2.64. The van der Waals surface area contributed by atoms with E-state index in [9.17, 15) is 0 Å². The third kappa shape index (κ3) is 2.43. The summed E-state index contributed by atoms with van der Waals surface area (Å²) in [5.41, 5.74) is 2.08. The molecule has 0 radical (unpaired) electrons. The van der Waals surface area contributed by atoms with Gasteiger partial charge in [0.1, 0.15) is 0 Å². The Balaban J connectivity index is 0.00000169. The van der Waals surface area contributed by atoms with Crippen molar-refractivity contribution in [3.8, 4) is 0 Å². The van der Waals surface area contributed by atoms with Crippen LogP contribution in [0.2, 0.25) is 0 Å². The summed E-state index contributed by atoms with van der Waals surface area (Å²) in [5.74, 6) is 1.17. The minimum atomic E-state index is -0.222. The van der Waals surface area contributed by atoms with Crippen molar-refractivity contribution >= 4 is 0 Å². The monoisotopic (exact) mass is 334 g/mol. The summed E-state index contributed by atoms with van der Waals surface area (Å²) < 4.78 is 13.1. The van der Waals surface area contributed by atoms with Gasteiger partial charge in [-0.1, -0.05) is 40.3 Å². The Morgan fingerprint density at radius 1 is 1.08 bits per heavy atom. The van der Waals surface area contributed by atoms with Crippen molar-refractivity contribution in [2.45, 2.75) is 97.9 Å². The van der Waals surface area contributed by atoms with Gasteiger partial charge in [0, 0.05) is 18.3 Å². The van der Waals surface area contributed by atoms with E-state index in [1.165, 1.54) is 50.5 Å². The maximum absolute atomic E-state index is 6.69. The Bertz CT molecular complexity index is 492. The number of hydrogen-bond donors (Lipinski definition) is 0. The SMILES string of the molecule is C.C=C1CCC2[C@]3(C)COC4(CCCC4)O[C@@H]3CC[C@@]2(C)[C@@H]1CC. The predicted molar refractivity (Wildman–Crippen MR) is 99.8 cm³/mol. The molecule has 24 heavy (non-hydrogen) atoms. The van der Waals surface area contributed by atoms with Crippen LogP contribution in [0.1, 0.15) is 86.0 Å². The highest BCUT2D eigenvalue weighted by atomic mass is 16.7. The molecule has 5 atom stereocenters. The Kier molecular flexibility index (Phi) is 4.71. The standard InChI is InChI=1S/C21H34O2.CH4/c1-5-16-15(2)8-9-17-19(16,3)13-10-18-20(17,4)14-22-21(23-18)11-6-7-12-21;/h16-18H,2,5-14H2,1,3-4H3;1H4/t16-,17?,18-,19+,20+;/m1./s1. The minimum Gasteiger partial charge on any atom is -0.349 e. The summed E-state index contributed by atoms with van der Waals surface area (Å²) in [6.45, 7) is 12.7. The Labute approximate surface area is 149 Å². The van der Waals surface area contributed by atoms with Crippen LogP contribution in [0, 0.1) is 22.7 Å². The molecule has 1 heterocycles. The van der Waals surface area contributed by atoms with E-state index in [2.05, 4.69) is 27.4 Å². The topological polar surface area (TPSA) is 18.5 Å². The molecule has 4 aliphatic rings. The maximum Gasteiger partial charge on any atom is 0.168 e. The number of ether oxygens (including phenoxy) is 2. The summed E-state index contributed by atoms with van der Waals surface area (Å²) >= 11 is 0. The van der Waals surface area contributed by atoms with E-state index >= 15 is 0 Å². The molecule has 0 amide bonds. The Morgan fingerprint density at radius 3 is 2.46 bits per heavy atom. The van der Waals surface area contributed by atoms with Gasteiger partial charge in [0.15, 0.2) is 5.79 Å². The van der Waals surface area contributed by atoms with Crippen molar-refractivity contribution in [2.75, 3.05) is 6.61 Å². The first-order valence-electron chi connectivity index (χ1n) is 9.93. The van der Waals surface area contributed by atoms with Crippen LogP contribution in [-0.4, -0.2) is 18.5 Å². The Hall–Kier alpha value is -0.340. The molecule has 3 saturated carbocycles. The van der Waals surface area contributed by atoms with Crippen molar-refractivity contribution < 1.29 is 9.47 Å².